The second kappa shape index (κ2) is 11.4. The minimum absolute atomic E-state index is 0.140. The number of ether oxygens (including phenoxy) is 1. The minimum Gasteiger partial charge on any atom is -0.444 e. The van der Waals surface area contributed by atoms with Gasteiger partial charge in [0, 0.05) is 42.5 Å². The van der Waals surface area contributed by atoms with E-state index in [2.05, 4.69) is 22.5 Å². The number of hydrogen-bond donors (Lipinski definition) is 2. The van der Waals surface area contributed by atoms with Crippen molar-refractivity contribution >= 4 is 40.1 Å². The zero-order valence-electron chi connectivity index (χ0n) is 21.2. The van der Waals surface area contributed by atoms with Crippen LogP contribution in [0.3, 0.4) is 0 Å². The Labute approximate surface area is 221 Å². The summed E-state index contributed by atoms with van der Waals surface area (Å²) < 4.78 is 5.52. The van der Waals surface area contributed by atoms with Crippen molar-refractivity contribution in [1.29, 1.82) is 0 Å². The number of piperidine rings is 1. The van der Waals surface area contributed by atoms with Gasteiger partial charge in [-0.15, -0.1) is 0 Å². The van der Waals surface area contributed by atoms with E-state index in [0.29, 0.717) is 24.1 Å². The van der Waals surface area contributed by atoms with E-state index in [0.717, 1.165) is 52.8 Å². The monoisotopic (exact) mass is 528 g/mol. The first kappa shape index (κ1) is 26.2. The van der Waals surface area contributed by atoms with Crippen LogP contribution in [0.5, 0.6) is 0 Å². The first-order chi connectivity index (χ1) is 17.2. The fourth-order valence-electron chi connectivity index (χ4n) is 3.87. The summed E-state index contributed by atoms with van der Waals surface area (Å²) >= 11 is 8.07. The summed E-state index contributed by atoms with van der Waals surface area (Å²) in [6, 6.07) is 9.76. The van der Waals surface area contributed by atoms with Crippen LogP contribution >= 0.6 is 22.9 Å². The maximum Gasteiger partial charge on any atom is 0.410 e. The van der Waals surface area contributed by atoms with Crippen LogP contribution in [0.15, 0.2) is 36.5 Å². The van der Waals surface area contributed by atoms with Gasteiger partial charge in [-0.2, -0.15) is 0 Å². The molecule has 36 heavy (non-hydrogen) atoms. The standard InChI is InChI=1S/C26H33ClN6O2S/c1-5-12-28-24-29-16-22(36-24)21-15-20(18-8-6-7-9-19(18)27)31-23(32-21)30-17-10-13-33(14-11-17)25(34)35-26(2,3)4/h6-9,15-17H,5,10-14H2,1-4H3,(H,28,29)(H,30,31,32). The Morgan fingerprint density at radius 3 is 2.61 bits per heavy atom. The van der Waals surface area contributed by atoms with Crippen molar-refractivity contribution in [2.75, 3.05) is 30.3 Å². The van der Waals surface area contributed by atoms with Crippen molar-refractivity contribution in [3.8, 4) is 21.8 Å². The van der Waals surface area contributed by atoms with Crippen molar-refractivity contribution in [1.82, 2.24) is 19.9 Å². The lowest BCUT2D eigenvalue weighted by Crippen LogP contribution is -2.44. The molecule has 0 spiro atoms. The molecule has 0 aliphatic carbocycles. The number of hydrogen-bond acceptors (Lipinski definition) is 8. The number of benzene rings is 1. The molecular formula is C26H33ClN6O2S. The van der Waals surface area contributed by atoms with E-state index in [1.807, 2.05) is 57.3 Å². The Hall–Kier alpha value is -2.91. The average Bonchev–Trinajstić information content (AvgIpc) is 3.31. The van der Waals surface area contributed by atoms with Crippen LogP contribution in [0.25, 0.3) is 21.8 Å². The van der Waals surface area contributed by atoms with Gasteiger partial charge in [-0.05, 0) is 52.2 Å². The highest BCUT2D eigenvalue weighted by Gasteiger charge is 2.27. The van der Waals surface area contributed by atoms with Crippen molar-refractivity contribution in [2.24, 2.45) is 0 Å². The molecule has 1 aliphatic heterocycles. The zero-order chi connectivity index (χ0) is 25.7. The number of nitrogens with one attached hydrogen (secondary N) is 2. The normalized spacial score (nSPS) is 14.5. The van der Waals surface area contributed by atoms with Gasteiger partial charge in [0.1, 0.15) is 5.60 Å². The molecule has 4 rings (SSSR count). The van der Waals surface area contributed by atoms with Crippen LogP contribution in [0, 0.1) is 0 Å². The number of thiazole rings is 1. The molecule has 0 bridgehead atoms. The Morgan fingerprint density at radius 1 is 1.19 bits per heavy atom. The molecule has 192 valence electrons. The largest absolute Gasteiger partial charge is 0.444 e. The summed E-state index contributed by atoms with van der Waals surface area (Å²) in [5.41, 5.74) is 1.88. The number of halogens is 1. The lowest BCUT2D eigenvalue weighted by molar-refractivity contribution is 0.0210. The predicted octanol–water partition coefficient (Wildman–Crippen LogP) is 6.55. The van der Waals surface area contributed by atoms with Gasteiger partial charge in [-0.25, -0.2) is 19.7 Å². The number of anilines is 2. The maximum absolute atomic E-state index is 12.4. The molecule has 10 heteroatoms. The number of rotatable bonds is 7. The molecule has 0 unspecified atom stereocenters. The molecule has 1 amide bonds. The SMILES string of the molecule is CCCNc1ncc(-c2cc(-c3ccccc3Cl)nc(NC3CCN(C(=O)OC(C)(C)C)CC3)n2)s1. The van der Waals surface area contributed by atoms with E-state index < -0.39 is 5.60 Å². The highest BCUT2D eigenvalue weighted by Crippen LogP contribution is 2.33. The van der Waals surface area contributed by atoms with Crippen molar-refractivity contribution in [3.05, 3.63) is 41.6 Å². The second-order valence-electron chi connectivity index (χ2n) is 9.78. The van der Waals surface area contributed by atoms with Crippen LogP contribution in [0.2, 0.25) is 5.02 Å². The average molecular weight is 529 g/mol. The highest BCUT2D eigenvalue weighted by molar-refractivity contribution is 7.18. The molecule has 1 fully saturated rings. The molecule has 1 aliphatic rings. The van der Waals surface area contributed by atoms with Crippen LogP contribution in [-0.4, -0.2) is 57.2 Å². The molecule has 0 saturated carbocycles. The number of carbonyl (C=O) groups is 1. The van der Waals surface area contributed by atoms with Gasteiger partial charge in [-0.1, -0.05) is 48.1 Å². The number of carbonyl (C=O) groups excluding carboxylic acids is 1. The summed E-state index contributed by atoms with van der Waals surface area (Å²) in [7, 11) is 0. The zero-order valence-corrected chi connectivity index (χ0v) is 22.7. The van der Waals surface area contributed by atoms with E-state index in [9.17, 15) is 4.79 Å². The predicted molar refractivity (Wildman–Crippen MR) is 147 cm³/mol. The molecule has 0 atom stereocenters. The third-order valence-corrected chi connectivity index (χ3v) is 6.95. The van der Waals surface area contributed by atoms with Gasteiger partial charge >= 0.3 is 6.09 Å². The number of likely N-dealkylation sites (tertiary alicyclic amines) is 1. The molecule has 2 N–H and O–H groups in total. The van der Waals surface area contributed by atoms with E-state index in [4.69, 9.17) is 26.3 Å². The van der Waals surface area contributed by atoms with E-state index >= 15 is 0 Å². The van der Waals surface area contributed by atoms with Crippen LogP contribution in [0.1, 0.15) is 47.0 Å². The van der Waals surface area contributed by atoms with E-state index in [-0.39, 0.29) is 12.1 Å². The summed E-state index contributed by atoms with van der Waals surface area (Å²) in [6.07, 6.45) is 4.15. The van der Waals surface area contributed by atoms with Crippen LogP contribution in [-0.2, 0) is 4.74 Å². The van der Waals surface area contributed by atoms with Crippen molar-refractivity contribution in [2.45, 2.75) is 58.6 Å². The molecule has 3 heterocycles. The van der Waals surface area contributed by atoms with Crippen LogP contribution in [0.4, 0.5) is 15.9 Å². The number of amides is 1. The summed E-state index contributed by atoms with van der Waals surface area (Å²) in [4.78, 5) is 29.2. The Balaban J connectivity index is 1.54. The minimum atomic E-state index is -0.502. The quantitative estimate of drug-likeness (QED) is 0.359. The first-order valence-corrected chi connectivity index (χ1v) is 13.5. The molecular weight excluding hydrogens is 496 g/mol. The van der Waals surface area contributed by atoms with Crippen molar-refractivity contribution < 1.29 is 9.53 Å². The first-order valence-electron chi connectivity index (χ1n) is 12.3. The summed E-state index contributed by atoms with van der Waals surface area (Å²) in [5.74, 6) is 0.537. The summed E-state index contributed by atoms with van der Waals surface area (Å²) in [5, 5.41) is 8.33. The van der Waals surface area contributed by atoms with Crippen molar-refractivity contribution in [3.63, 3.8) is 0 Å². The number of aromatic nitrogens is 3. The van der Waals surface area contributed by atoms with E-state index in [1.54, 1.807) is 16.2 Å². The van der Waals surface area contributed by atoms with Gasteiger partial charge in [0.15, 0.2) is 5.13 Å². The highest BCUT2D eigenvalue weighted by atomic mass is 35.5. The maximum atomic E-state index is 12.4. The Bertz CT molecular complexity index is 1190. The van der Waals surface area contributed by atoms with Gasteiger partial charge in [-0.3, -0.25) is 0 Å². The van der Waals surface area contributed by atoms with Crippen LogP contribution < -0.4 is 10.6 Å². The fourth-order valence-corrected chi connectivity index (χ4v) is 4.90. The number of nitrogens with zero attached hydrogens (tertiary/aromatic N) is 4. The molecule has 2 aromatic heterocycles. The topological polar surface area (TPSA) is 92.3 Å². The molecule has 1 saturated heterocycles. The second-order valence-corrected chi connectivity index (χ2v) is 11.2. The molecule has 8 nitrogen and oxygen atoms in total. The fraction of sp³-hybridized carbons (Fsp3) is 0.462. The molecule has 3 aromatic rings. The van der Waals surface area contributed by atoms with Gasteiger partial charge < -0.3 is 20.3 Å². The van der Waals surface area contributed by atoms with E-state index in [1.165, 1.54) is 0 Å². The Kier molecular flexibility index (Phi) is 8.31. The Morgan fingerprint density at radius 2 is 1.92 bits per heavy atom. The lowest BCUT2D eigenvalue weighted by Gasteiger charge is -2.33. The summed E-state index contributed by atoms with van der Waals surface area (Å²) in [6.45, 7) is 9.87. The van der Waals surface area contributed by atoms with Gasteiger partial charge in [0.25, 0.3) is 0 Å². The van der Waals surface area contributed by atoms with Gasteiger partial charge in [0.05, 0.1) is 16.3 Å². The third-order valence-electron chi connectivity index (χ3n) is 5.64. The lowest BCUT2D eigenvalue weighted by atomic mass is 10.1. The smallest absolute Gasteiger partial charge is 0.410 e. The van der Waals surface area contributed by atoms with Gasteiger partial charge in [0.2, 0.25) is 5.95 Å². The third kappa shape index (κ3) is 6.85. The molecule has 0 radical (unpaired) electrons. The molecule has 1 aromatic carbocycles.